The molecule has 0 unspecified atom stereocenters. The molecule has 2 saturated heterocycles. The van der Waals surface area contributed by atoms with Crippen LogP contribution in [0.2, 0.25) is 0 Å². The van der Waals surface area contributed by atoms with Gasteiger partial charge in [0.25, 0.3) is 5.91 Å². The molecule has 2 aliphatic rings. The van der Waals surface area contributed by atoms with Crippen LogP contribution in [0.5, 0.6) is 0 Å². The molecule has 3 heterocycles. The Morgan fingerprint density at radius 2 is 1.69 bits per heavy atom. The fraction of sp³-hybridized carbons (Fsp3) is 0.526. The highest BCUT2D eigenvalue weighted by molar-refractivity contribution is 5.97. The van der Waals surface area contributed by atoms with Gasteiger partial charge < -0.3 is 14.9 Å². The molecule has 7 heteroatoms. The number of rotatable bonds is 4. The number of carbonyl (C=O) groups is 1. The van der Waals surface area contributed by atoms with E-state index in [0.717, 1.165) is 25.3 Å². The lowest BCUT2D eigenvalue weighted by Crippen LogP contribution is -2.51. The first-order chi connectivity index (χ1) is 12.6. The predicted molar refractivity (Wildman–Crippen MR) is 97.1 cm³/mol. The summed E-state index contributed by atoms with van der Waals surface area (Å²) in [5.74, 6) is -0.00229. The lowest BCUT2D eigenvalue weighted by Gasteiger charge is -2.40. The van der Waals surface area contributed by atoms with Gasteiger partial charge >= 0.3 is 0 Å². The van der Waals surface area contributed by atoms with Crippen LogP contribution >= 0.6 is 0 Å². The van der Waals surface area contributed by atoms with E-state index in [9.17, 15) is 9.90 Å². The fourth-order valence-electron chi connectivity index (χ4n) is 4.02. The highest BCUT2D eigenvalue weighted by Gasteiger charge is 2.36. The van der Waals surface area contributed by atoms with Crippen molar-refractivity contribution in [3.8, 4) is 5.69 Å². The number of aliphatic hydroxyl groups is 1. The van der Waals surface area contributed by atoms with Crippen LogP contribution in [0, 0.1) is 0 Å². The van der Waals surface area contributed by atoms with E-state index in [-0.39, 0.29) is 5.91 Å². The first kappa shape index (κ1) is 17.2. The minimum Gasteiger partial charge on any atom is -0.388 e. The average molecular weight is 355 g/mol. The van der Waals surface area contributed by atoms with Gasteiger partial charge in [-0.25, -0.2) is 0 Å². The fourth-order valence-corrected chi connectivity index (χ4v) is 4.02. The maximum atomic E-state index is 13.1. The zero-order valence-electron chi connectivity index (χ0n) is 14.9. The third kappa shape index (κ3) is 3.50. The Labute approximate surface area is 153 Å². The van der Waals surface area contributed by atoms with Crippen molar-refractivity contribution in [3.63, 3.8) is 0 Å². The number of aromatic nitrogens is 3. The van der Waals surface area contributed by atoms with E-state index in [2.05, 4.69) is 15.1 Å². The second-order valence-electron chi connectivity index (χ2n) is 7.39. The van der Waals surface area contributed by atoms with Crippen LogP contribution in [0.3, 0.4) is 0 Å². The molecule has 138 valence electrons. The van der Waals surface area contributed by atoms with Gasteiger partial charge in [0.05, 0.1) is 16.9 Å². The zero-order valence-corrected chi connectivity index (χ0v) is 14.9. The number of hydrogen-bond acceptors (Lipinski definition) is 5. The van der Waals surface area contributed by atoms with E-state index in [4.69, 9.17) is 0 Å². The highest BCUT2D eigenvalue weighted by Crippen LogP contribution is 2.27. The lowest BCUT2D eigenvalue weighted by molar-refractivity contribution is -0.0367. The number of para-hydroxylation sites is 1. The molecule has 0 bridgehead atoms. The topological polar surface area (TPSA) is 74.5 Å². The van der Waals surface area contributed by atoms with Gasteiger partial charge in [0, 0.05) is 19.6 Å². The van der Waals surface area contributed by atoms with Crippen molar-refractivity contribution in [2.24, 2.45) is 0 Å². The van der Waals surface area contributed by atoms with Crippen LogP contribution in [-0.4, -0.2) is 73.9 Å². The van der Waals surface area contributed by atoms with Crippen molar-refractivity contribution in [1.29, 1.82) is 0 Å². The van der Waals surface area contributed by atoms with Crippen molar-refractivity contribution in [3.05, 3.63) is 42.5 Å². The van der Waals surface area contributed by atoms with E-state index in [0.29, 0.717) is 31.5 Å². The maximum absolute atomic E-state index is 13.1. The highest BCUT2D eigenvalue weighted by atomic mass is 16.3. The van der Waals surface area contributed by atoms with Crippen molar-refractivity contribution in [2.45, 2.75) is 31.3 Å². The molecule has 2 aromatic rings. The Balaban J connectivity index is 1.44. The first-order valence-corrected chi connectivity index (χ1v) is 9.33. The van der Waals surface area contributed by atoms with Gasteiger partial charge in [-0.3, -0.25) is 9.36 Å². The number of hydrogen-bond donors (Lipinski definition) is 1. The Hall–Kier alpha value is -2.25. The number of nitrogens with zero attached hydrogens (tertiary/aromatic N) is 5. The molecule has 2 fully saturated rings. The van der Waals surface area contributed by atoms with Crippen LogP contribution in [-0.2, 0) is 0 Å². The summed E-state index contributed by atoms with van der Waals surface area (Å²) in [5, 5.41) is 18.6. The Morgan fingerprint density at radius 1 is 1.04 bits per heavy atom. The molecule has 1 amide bonds. The smallest absolute Gasteiger partial charge is 0.255 e. The summed E-state index contributed by atoms with van der Waals surface area (Å²) >= 11 is 0. The molecule has 7 nitrogen and oxygen atoms in total. The van der Waals surface area contributed by atoms with Crippen molar-refractivity contribution < 1.29 is 9.90 Å². The third-order valence-corrected chi connectivity index (χ3v) is 5.53. The molecule has 0 atom stereocenters. The normalized spacial score (nSPS) is 20.4. The molecule has 1 aromatic carbocycles. The molecule has 0 spiro atoms. The van der Waals surface area contributed by atoms with Crippen LogP contribution in [0.1, 0.15) is 36.0 Å². The molecule has 0 aliphatic carbocycles. The Morgan fingerprint density at radius 3 is 2.38 bits per heavy atom. The summed E-state index contributed by atoms with van der Waals surface area (Å²) in [6.45, 7) is 4.06. The van der Waals surface area contributed by atoms with Gasteiger partial charge in [0.2, 0.25) is 0 Å². The zero-order chi connectivity index (χ0) is 18.0. The number of likely N-dealkylation sites (tertiary alicyclic amines) is 2. The Bertz CT molecular complexity index is 747. The quantitative estimate of drug-likeness (QED) is 0.896. The molecule has 26 heavy (non-hydrogen) atoms. The van der Waals surface area contributed by atoms with Crippen molar-refractivity contribution in [1.82, 2.24) is 24.6 Å². The largest absolute Gasteiger partial charge is 0.388 e. The number of β-amino-alcohol motifs (C(OH)–C–C–N with tert-alkyl or cyclic N) is 1. The van der Waals surface area contributed by atoms with E-state index in [1.54, 1.807) is 17.2 Å². The molecule has 2 aliphatic heterocycles. The van der Waals surface area contributed by atoms with Gasteiger partial charge in [0.1, 0.15) is 12.7 Å². The summed E-state index contributed by atoms with van der Waals surface area (Å²) in [6.07, 6.45) is 6.89. The van der Waals surface area contributed by atoms with Gasteiger partial charge in [-0.05, 0) is 50.9 Å². The summed E-state index contributed by atoms with van der Waals surface area (Å²) in [7, 11) is 0. The minimum absolute atomic E-state index is 0.00229. The third-order valence-electron chi connectivity index (χ3n) is 5.53. The van der Waals surface area contributed by atoms with Gasteiger partial charge in [-0.15, -0.1) is 10.2 Å². The van der Waals surface area contributed by atoms with Gasteiger partial charge in [-0.1, -0.05) is 12.1 Å². The van der Waals surface area contributed by atoms with Crippen LogP contribution in [0.25, 0.3) is 5.69 Å². The summed E-state index contributed by atoms with van der Waals surface area (Å²) in [5.41, 5.74) is 0.743. The van der Waals surface area contributed by atoms with Crippen LogP contribution in [0.4, 0.5) is 0 Å². The first-order valence-electron chi connectivity index (χ1n) is 9.33. The molecule has 0 radical (unpaired) electrons. The Kier molecular flexibility index (Phi) is 4.74. The SMILES string of the molecule is O=C(c1ccccc1-n1cnnc1)N1CCC(O)(CN2CCCC2)CC1. The average Bonchev–Trinajstić information content (AvgIpc) is 3.35. The second-order valence-corrected chi connectivity index (χ2v) is 7.39. The maximum Gasteiger partial charge on any atom is 0.255 e. The van der Waals surface area contributed by atoms with Gasteiger partial charge in [0.15, 0.2) is 0 Å². The van der Waals surface area contributed by atoms with E-state index < -0.39 is 5.60 Å². The lowest BCUT2D eigenvalue weighted by atomic mass is 9.90. The number of benzene rings is 1. The monoisotopic (exact) mass is 355 g/mol. The number of amides is 1. The number of piperidine rings is 1. The summed E-state index contributed by atoms with van der Waals surface area (Å²) < 4.78 is 1.75. The van der Waals surface area contributed by atoms with Crippen LogP contribution in [0.15, 0.2) is 36.9 Å². The predicted octanol–water partition coefficient (Wildman–Crippen LogP) is 1.33. The van der Waals surface area contributed by atoms with E-state index in [1.807, 2.05) is 29.2 Å². The summed E-state index contributed by atoms with van der Waals surface area (Å²) in [4.78, 5) is 17.2. The summed E-state index contributed by atoms with van der Waals surface area (Å²) in [6, 6.07) is 7.50. The molecule has 0 saturated carbocycles. The molecule has 1 aromatic heterocycles. The van der Waals surface area contributed by atoms with Crippen LogP contribution < -0.4 is 0 Å². The molecular weight excluding hydrogens is 330 g/mol. The molecular formula is C19H25N5O2. The van der Waals surface area contributed by atoms with Crippen molar-refractivity contribution in [2.75, 3.05) is 32.7 Å². The van der Waals surface area contributed by atoms with Gasteiger partial charge in [-0.2, -0.15) is 0 Å². The van der Waals surface area contributed by atoms with E-state index in [1.165, 1.54) is 12.8 Å². The van der Waals surface area contributed by atoms with E-state index >= 15 is 0 Å². The number of carbonyl (C=O) groups excluding carboxylic acids is 1. The van der Waals surface area contributed by atoms with Crippen molar-refractivity contribution >= 4 is 5.91 Å². The molecule has 1 N–H and O–H groups in total. The second kappa shape index (κ2) is 7.17. The molecule has 4 rings (SSSR count). The standard InChI is InChI=1S/C19H25N5O2/c25-18(16-5-1-2-6-17(16)24-14-20-21-15-24)23-11-7-19(26,8-12-23)13-22-9-3-4-10-22/h1-2,5-6,14-15,26H,3-4,7-13H2. The minimum atomic E-state index is -0.672.